The van der Waals surface area contributed by atoms with Crippen LogP contribution in [0.3, 0.4) is 0 Å². The van der Waals surface area contributed by atoms with Crippen LogP contribution in [0.25, 0.3) is 0 Å². The first-order valence-electron chi connectivity index (χ1n) is 9.53. The van der Waals surface area contributed by atoms with Gasteiger partial charge in [0.15, 0.2) is 0 Å². The second-order valence-electron chi connectivity index (χ2n) is 6.47. The number of carbonyl (C=O) groups excluding carboxylic acids is 1. The van der Waals surface area contributed by atoms with Gasteiger partial charge in [0.2, 0.25) is 0 Å². The number of hydrogen-bond donors (Lipinski definition) is 1. The van der Waals surface area contributed by atoms with Crippen LogP contribution in [0.1, 0.15) is 24.3 Å². The molecule has 0 spiro atoms. The predicted octanol–water partition coefficient (Wildman–Crippen LogP) is 4.95. The number of aromatic nitrogens is 1. The van der Waals surface area contributed by atoms with Gasteiger partial charge in [-0.15, -0.1) is 0 Å². The van der Waals surface area contributed by atoms with E-state index in [2.05, 4.69) is 41.2 Å². The molecular weight excluding hydrogens is 348 g/mol. The largest absolute Gasteiger partial charge is 0.372 e. The molecule has 3 aromatic rings. The second-order valence-corrected chi connectivity index (χ2v) is 6.47. The molecule has 1 heterocycles. The SMILES string of the molecule is CCN(CC)c1ccc(Nc2ccnc(C(=O)N(C)c3ccccc3)c2)cc1. The molecule has 0 fully saturated rings. The average molecular weight is 374 g/mol. The number of hydrogen-bond acceptors (Lipinski definition) is 4. The third-order valence-corrected chi connectivity index (χ3v) is 4.71. The van der Waals surface area contributed by atoms with Crippen LogP contribution in [0.15, 0.2) is 72.9 Å². The highest BCUT2D eigenvalue weighted by molar-refractivity contribution is 6.04. The summed E-state index contributed by atoms with van der Waals surface area (Å²) in [6.45, 7) is 6.26. The van der Waals surface area contributed by atoms with Gasteiger partial charge in [-0.2, -0.15) is 0 Å². The van der Waals surface area contributed by atoms with Gasteiger partial charge in [0, 0.05) is 49.1 Å². The third kappa shape index (κ3) is 4.49. The van der Waals surface area contributed by atoms with Gasteiger partial charge in [-0.1, -0.05) is 18.2 Å². The Labute approximate surface area is 166 Å². The van der Waals surface area contributed by atoms with Crippen molar-refractivity contribution in [2.45, 2.75) is 13.8 Å². The molecule has 1 amide bonds. The maximum Gasteiger partial charge on any atom is 0.276 e. The summed E-state index contributed by atoms with van der Waals surface area (Å²) in [7, 11) is 1.76. The van der Waals surface area contributed by atoms with Crippen molar-refractivity contribution in [2.24, 2.45) is 0 Å². The number of carbonyl (C=O) groups is 1. The first kappa shape index (κ1) is 19.4. The molecule has 0 aliphatic carbocycles. The topological polar surface area (TPSA) is 48.5 Å². The van der Waals surface area contributed by atoms with Gasteiger partial charge in [-0.05, 0) is 62.4 Å². The highest BCUT2D eigenvalue weighted by Gasteiger charge is 2.15. The lowest BCUT2D eigenvalue weighted by Crippen LogP contribution is -2.27. The Balaban J connectivity index is 1.74. The molecule has 0 aliphatic rings. The fourth-order valence-electron chi connectivity index (χ4n) is 3.08. The van der Waals surface area contributed by atoms with E-state index in [4.69, 9.17) is 0 Å². The summed E-state index contributed by atoms with van der Waals surface area (Å²) < 4.78 is 0. The number of amides is 1. The molecule has 1 N–H and O–H groups in total. The Morgan fingerprint density at radius 2 is 1.57 bits per heavy atom. The molecule has 0 atom stereocenters. The smallest absolute Gasteiger partial charge is 0.276 e. The van der Waals surface area contributed by atoms with E-state index in [9.17, 15) is 4.79 Å². The van der Waals surface area contributed by atoms with E-state index in [1.807, 2.05) is 48.5 Å². The minimum absolute atomic E-state index is 0.147. The molecule has 5 nitrogen and oxygen atoms in total. The summed E-state index contributed by atoms with van der Waals surface area (Å²) >= 11 is 0. The van der Waals surface area contributed by atoms with Crippen LogP contribution >= 0.6 is 0 Å². The molecule has 1 aromatic heterocycles. The van der Waals surface area contributed by atoms with E-state index >= 15 is 0 Å². The minimum Gasteiger partial charge on any atom is -0.372 e. The summed E-state index contributed by atoms with van der Waals surface area (Å²) in [5.74, 6) is -0.147. The summed E-state index contributed by atoms with van der Waals surface area (Å²) in [6.07, 6.45) is 1.65. The van der Waals surface area contributed by atoms with Gasteiger partial charge in [0.1, 0.15) is 5.69 Å². The van der Waals surface area contributed by atoms with Gasteiger partial charge in [0.25, 0.3) is 5.91 Å². The Morgan fingerprint density at radius 3 is 2.21 bits per heavy atom. The zero-order valence-electron chi connectivity index (χ0n) is 16.6. The number of nitrogens with zero attached hydrogens (tertiary/aromatic N) is 3. The number of nitrogens with one attached hydrogen (secondary N) is 1. The van der Waals surface area contributed by atoms with Crippen LogP contribution < -0.4 is 15.1 Å². The van der Waals surface area contributed by atoms with Crippen molar-refractivity contribution >= 4 is 28.7 Å². The molecule has 144 valence electrons. The molecule has 3 rings (SSSR count). The lowest BCUT2D eigenvalue weighted by molar-refractivity contribution is 0.0988. The standard InChI is InChI=1S/C23H26N4O/c1-4-27(5-2)21-13-11-18(12-14-21)25-19-15-16-24-22(17-19)23(28)26(3)20-9-7-6-8-10-20/h6-17H,4-5H2,1-3H3,(H,24,25). The van der Waals surface area contributed by atoms with E-state index in [1.54, 1.807) is 24.2 Å². The molecule has 5 heteroatoms. The Bertz CT molecular complexity index is 905. The maximum atomic E-state index is 12.8. The van der Waals surface area contributed by atoms with E-state index in [0.29, 0.717) is 5.69 Å². The minimum atomic E-state index is -0.147. The molecule has 0 bridgehead atoms. The van der Waals surface area contributed by atoms with E-state index in [-0.39, 0.29) is 5.91 Å². The van der Waals surface area contributed by atoms with Crippen molar-refractivity contribution in [1.82, 2.24) is 4.98 Å². The predicted molar refractivity (Wildman–Crippen MR) is 117 cm³/mol. The van der Waals surface area contributed by atoms with Gasteiger partial charge >= 0.3 is 0 Å². The molecule has 2 aromatic carbocycles. The van der Waals surface area contributed by atoms with Crippen molar-refractivity contribution in [2.75, 3.05) is 35.3 Å². The zero-order chi connectivity index (χ0) is 19.9. The molecule has 28 heavy (non-hydrogen) atoms. The summed E-state index contributed by atoms with van der Waals surface area (Å²) in [4.78, 5) is 20.9. The number of para-hydroxylation sites is 1. The number of anilines is 4. The van der Waals surface area contributed by atoms with E-state index in [1.165, 1.54) is 5.69 Å². The second kappa shape index (κ2) is 9.04. The van der Waals surface area contributed by atoms with Gasteiger partial charge in [-0.3, -0.25) is 9.78 Å². The quantitative estimate of drug-likeness (QED) is 0.636. The van der Waals surface area contributed by atoms with E-state index < -0.39 is 0 Å². The Kier molecular flexibility index (Phi) is 6.27. The van der Waals surface area contributed by atoms with E-state index in [0.717, 1.165) is 30.2 Å². The Hall–Kier alpha value is -3.34. The first-order valence-corrected chi connectivity index (χ1v) is 9.53. The van der Waals surface area contributed by atoms with Crippen LogP contribution in [0, 0.1) is 0 Å². The molecule has 0 unspecified atom stereocenters. The fourth-order valence-corrected chi connectivity index (χ4v) is 3.08. The molecule has 0 aliphatic heterocycles. The normalized spacial score (nSPS) is 10.4. The average Bonchev–Trinajstić information content (AvgIpc) is 2.75. The van der Waals surface area contributed by atoms with Crippen LogP contribution in [-0.2, 0) is 0 Å². The number of benzene rings is 2. The number of pyridine rings is 1. The van der Waals surface area contributed by atoms with Crippen molar-refractivity contribution in [3.8, 4) is 0 Å². The highest BCUT2D eigenvalue weighted by atomic mass is 16.2. The monoisotopic (exact) mass is 374 g/mol. The molecule has 0 saturated carbocycles. The number of rotatable bonds is 7. The first-order chi connectivity index (χ1) is 13.6. The van der Waals surface area contributed by atoms with Crippen molar-refractivity contribution in [1.29, 1.82) is 0 Å². The highest BCUT2D eigenvalue weighted by Crippen LogP contribution is 2.22. The van der Waals surface area contributed by atoms with Crippen LogP contribution in [0.4, 0.5) is 22.7 Å². The summed E-state index contributed by atoms with van der Waals surface area (Å²) in [6, 6.07) is 21.5. The van der Waals surface area contributed by atoms with Crippen molar-refractivity contribution < 1.29 is 4.79 Å². The maximum absolute atomic E-state index is 12.8. The van der Waals surface area contributed by atoms with Gasteiger partial charge < -0.3 is 15.1 Å². The van der Waals surface area contributed by atoms with Crippen LogP contribution in [-0.4, -0.2) is 31.0 Å². The zero-order valence-corrected chi connectivity index (χ0v) is 16.6. The lowest BCUT2D eigenvalue weighted by atomic mass is 10.2. The van der Waals surface area contributed by atoms with Gasteiger partial charge in [-0.25, -0.2) is 0 Å². The fraction of sp³-hybridized carbons (Fsp3) is 0.217. The lowest BCUT2D eigenvalue weighted by Gasteiger charge is -2.21. The molecule has 0 radical (unpaired) electrons. The molecule has 0 saturated heterocycles. The van der Waals surface area contributed by atoms with Crippen molar-refractivity contribution in [3.63, 3.8) is 0 Å². The van der Waals surface area contributed by atoms with Gasteiger partial charge in [0.05, 0.1) is 0 Å². The van der Waals surface area contributed by atoms with Crippen LogP contribution in [0.2, 0.25) is 0 Å². The van der Waals surface area contributed by atoms with Crippen molar-refractivity contribution in [3.05, 3.63) is 78.6 Å². The third-order valence-electron chi connectivity index (χ3n) is 4.71. The summed E-state index contributed by atoms with van der Waals surface area (Å²) in [5.41, 5.74) is 4.23. The summed E-state index contributed by atoms with van der Waals surface area (Å²) in [5, 5.41) is 3.35. The molecular formula is C23H26N4O. The van der Waals surface area contributed by atoms with Crippen LogP contribution in [0.5, 0.6) is 0 Å². The Morgan fingerprint density at radius 1 is 0.893 bits per heavy atom.